The van der Waals surface area contributed by atoms with Crippen LogP contribution in [-0.2, 0) is 5.41 Å². The Bertz CT molecular complexity index is 800. The van der Waals surface area contributed by atoms with E-state index in [0.717, 1.165) is 35.9 Å². The van der Waals surface area contributed by atoms with Crippen LogP contribution in [0.2, 0.25) is 0 Å². The van der Waals surface area contributed by atoms with E-state index in [4.69, 9.17) is 0 Å². The lowest BCUT2D eigenvalue weighted by molar-refractivity contribution is 0.0699. The van der Waals surface area contributed by atoms with Gasteiger partial charge in [0.15, 0.2) is 0 Å². The lowest BCUT2D eigenvalue weighted by atomic mass is 9.63. The predicted octanol–water partition coefficient (Wildman–Crippen LogP) is 3.80. The van der Waals surface area contributed by atoms with E-state index < -0.39 is 0 Å². The molecule has 0 unspecified atom stereocenters. The monoisotopic (exact) mass is 276 g/mol. The van der Waals surface area contributed by atoms with Gasteiger partial charge in [-0.25, -0.2) is 4.98 Å². The number of para-hydroxylation sites is 2. The summed E-state index contributed by atoms with van der Waals surface area (Å²) >= 11 is 0. The van der Waals surface area contributed by atoms with Crippen LogP contribution < -0.4 is 0 Å². The third-order valence-corrected chi connectivity index (χ3v) is 4.62. The van der Waals surface area contributed by atoms with Crippen LogP contribution in [0.5, 0.6) is 0 Å². The van der Waals surface area contributed by atoms with E-state index in [2.05, 4.69) is 17.1 Å². The van der Waals surface area contributed by atoms with E-state index in [1.54, 1.807) is 10.9 Å². The van der Waals surface area contributed by atoms with Gasteiger partial charge in [-0.15, -0.1) is 0 Å². The van der Waals surface area contributed by atoms with Gasteiger partial charge in [-0.3, -0.25) is 9.36 Å². The number of hydrogen-bond donors (Lipinski definition) is 0. The fraction of sp³-hybridized carbons (Fsp3) is 0.222. The number of carbonyl (C=O) groups excluding carboxylic acids is 1. The zero-order valence-corrected chi connectivity index (χ0v) is 11.7. The number of aromatic nitrogens is 2. The lowest BCUT2D eigenvalue weighted by Gasteiger charge is -2.40. The second-order valence-electron chi connectivity index (χ2n) is 5.71. The molecule has 1 aromatic heterocycles. The van der Waals surface area contributed by atoms with Gasteiger partial charge in [0, 0.05) is 0 Å². The molecule has 4 rings (SSSR count). The Kier molecular flexibility index (Phi) is 2.67. The molecule has 1 aliphatic rings. The summed E-state index contributed by atoms with van der Waals surface area (Å²) in [7, 11) is 0. The van der Waals surface area contributed by atoms with Crippen LogP contribution in [0.15, 0.2) is 60.9 Å². The lowest BCUT2D eigenvalue weighted by Crippen LogP contribution is -2.45. The van der Waals surface area contributed by atoms with Gasteiger partial charge in [-0.05, 0) is 30.5 Å². The Labute approximate surface area is 123 Å². The average molecular weight is 276 g/mol. The molecular formula is C18H16N2O. The van der Waals surface area contributed by atoms with E-state index in [1.807, 2.05) is 42.5 Å². The fourth-order valence-electron chi connectivity index (χ4n) is 3.27. The second kappa shape index (κ2) is 4.55. The van der Waals surface area contributed by atoms with Crippen molar-refractivity contribution in [2.45, 2.75) is 24.7 Å². The number of hydrogen-bond acceptors (Lipinski definition) is 2. The number of fused-ring (bicyclic) bond motifs is 1. The van der Waals surface area contributed by atoms with Crippen molar-refractivity contribution < 1.29 is 4.79 Å². The highest BCUT2D eigenvalue weighted by molar-refractivity contribution is 5.97. The van der Waals surface area contributed by atoms with E-state index in [-0.39, 0.29) is 11.3 Å². The Morgan fingerprint density at radius 3 is 2.43 bits per heavy atom. The smallest absolute Gasteiger partial charge is 0.242 e. The van der Waals surface area contributed by atoms with Crippen molar-refractivity contribution in [3.05, 3.63) is 66.5 Å². The van der Waals surface area contributed by atoms with Gasteiger partial charge >= 0.3 is 0 Å². The molecule has 0 radical (unpaired) electrons. The third kappa shape index (κ3) is 1.74. The van der Waals surface area contributed by atoms with Crippen LogP contribution in [-0.4, -0.2) is 15.5 Å². The van der Waals surface area contributed by atoms with Gasteiger partial charge in [0.05, 0.1) is 16.4 Å². The van der Waals surface area contributed by atoms with E-state index in [1.165, 1.54) is 0 Å². The van der Waals surface area contributed by atoms with Crippen molar-refractivity contribution in [2.75, 3.05) is 0 Å². The highest BCUT2D eigenvalue weighted by Crippen LogP contribution is 2.45. The van der Waals surface area contributed by atoms with Gasteiger partial charge in [0.25, 0.3) is 0 Å². The van der Waals surface area contributed by atoms with Crippen molar-refractivity contribution >= 4 is 16.9 Å². The van der Waals surface area contributed by atoms with Crippen LogP contribution >= 0.6 is 0 Å². The van der Waals surface area contributed by atoms with Gasteiger partial charge in [-0.2, -0.15) is 0 Å². The third-order valence-electron chi connectivity index (χ3n) is 4.62. The molecule has 0 aliphatic heterocycles. The number of imidazole rings is 1. The van der Waals surface area contributed by atoms with Crippen molar-refractivity contribution in [3.8, 4) is 0 Å². The maximum atomic E-state index is 13.1. The molecule has 0 amide bonds. The molecule has 1 fully saturated rings. The normalized spacial score (nSPS) is 16.6. The first-order valence-electron chi connectivity index (χ1n) is 7.34. The summed E-state index contributed by atoms with van der Waals surface area (Å²) in [5.74, 6) is 0.147. The zero-order valence-electron chi connectivity index (χ0n) is 11.7. The molecule has 1 saturated carbocycles. The fourth-order valence-corrected chi connectivity index (χ4v) is 3.27. The van der Waals surface area contributed by atoms with Crippen LogP contribution in [0.1, 0.15) is 29.6 Å². The summed E-state index contributed by atoms with van der Waals surface area (Å²) in [5.41, 5.74) is 2.52. The zero-order chi connectivity index (χ0) is 14.3. The summed E-state index contributed by atoms with van der Waals surface area (Å²) in [6.07, 6.45) is 4.61. The Hall–Kier alpha value is -2.42. The summed E-state index contributed by atoms with van der Waals surface area (Å²) in [5, 5.41) is 0. The average Bonchev–Trinajstić information content (AvgIpc) is 2.91. The standard InChI is InChI=1S/C18H16N2O/c21-17(20-13-19-15-9-4-5-10-16(15)20)18(11-6-12-18)14-7-2-1-3-8-14/h1-5,7-10,13H,6,11-12H2. The van der Waals surface area contributed by atoms with Crippen LogP contribution in [0.4, 0.5) is 0 Å². The topological polar surface area (TPSA) is 34.9 Å². The van der Waals surface area contributed by atoms with Gasteiger partial charge in [0.2, 0.25) is 5.91 Å². The number of benzene rings is 2. The van der Waals surface area contributed by atoms with Crippen LogP contribution in [0.3, 0.4) is 0 Å². The summed E-state index contributed by atoms with van der Waals surface area (Å²) in [6.45, 7) is 0. The number of rotatable bonds is 2. The van der Waals surface area contributed by atoms with E-state index >= 15 is 0 Å². The molecule has 0 N–H and O–H groups in total. The molecular weight excluding hydrogens is 260 g/mol. The molecule has 1 heterocycles. The van der Waals surface area contributed by atoms with Crippen LogP contribution in [0, 0.1) is 0 Å². The molecule has 104 valence electrons. The van der Waals surface area contributed by atoms with Gasteiger partial charge in [0.1, 0.15) is 6.33 Å². The molecule has 2 aromatic carbocycles. The van der Waals surface area contributed by atoms with Crippen molar-refractivity contribution in [1.29, 1.82) is 0 Å². The predicted molar refractivity (Wildman–Crippen MR) is 82.3 cm³/mol. The molecule has 0 saturated heterocycles. The minimum atomic E-state index is -0.370. The van der Waals surface area contributed by atoms with Gasteiger partial charge < -0.3 is 0 Å². The summed E-state index contributed by atoms with van der Waals surface area (Å²) in [4.78, 5) is 17.5. The molecule has 1 aliphatic carbocycles. The molecule has 3 heteroatoms. The minimum Gasteiger partial charge on any atom is -0.273 e. The second-order valence-corrected chi connectivity index (χ2v) is 5.71. The van der Waals surface area contributed by atoms with Crippen molar-refractivity contribution in [1.82, 2.24) is 9.55 Å². The molecule has 0 atom stereocenters. The first-order valence-corrected chi connectivity index (χ1v) is 7.34. The maximum Gasteiger partial charge on any atom is 0.242 e. The molecule has 0 bridgehead atoms. The highest BCUT2D eigenvalue weighted by atomic mass is 16.2. The molecule has 21 heavy (non-hydrogen) atoms. The first kappa shape index (κ1) is 12.3. The SMILES string of the molecule is O=C(n1cnc2ccccc21)C1(c2ccccc2)CCC1. The van der Waals surface area contributed by atoms with Crippen molar-refractivity contribution in [2.24, 2.45) is 0 Å². The van der Waals surface area contributed by atoms with E-state index in [0.29, 0.717) is 0 Å². The Balaban J connectivity index is 1.83. The van der Waals surface area contributed by atoms with Crippen molar-refractivity contribution in [3.63, 3.8) is 0 Å². The Morgan fingerprint density at radius 1 is 1.00 bits per heavy atom. The minimum absolute atomic E-state index is 0.147. The van der Waals surface area contributed by atoms with E-state index in [9.17, 15) is 4.79 Å². The highest BCUT2D eigenvalue weighted by Gasteiger charge is 2.46. The molecule has 3 nitrogen and oxygen atoms in total. The maximum absolute atomic E-state index is 13.1. The molecule has 3 aromatic rings. The number of nitrogens with zero attached hydrogens (tertiary/aromatic N) is 2. The number of carbonyl (C=O) groups is 1. The first-order chi connectivity index (χ1) is 10.3. The van der Waals surface area contributed by atoms with Crippen LogP contribution in [0.25, 0.3) is 11.0 Å². The largest absolute Gasteiger partial charge is 0.273 e. The quantitative estimate of drug-likeness (QED) is 0.713. The summed E-state index contributed by atoms with van der Waals surface area (Å²) in [6, 6.07) is 17.9. The Morgan fingerprint density at radius 2 is 1.71 bits per heavy atom. The summed E-state index contributed by atoms with van der Waals surface area (Å²) < 4.78 is 1.72. The van der Waals surface area contributed by atoms with Gasteiger partial charge in [-0.1, -0.05) is 48.9 Å². The molecule has 0 spiro atoms.